The fraction of sp³-hybridized carbons (Fsp3) is 0.389. The third-order valence-electron chi connectivity index (χ3n) is 4.54. The van der Waals surface area contributed by atoms with Gasteiger partial charge in [-0.05, 0) is 37.0 Å². The van der Waals surface area contributed by atoms with Crippen LogP contribution in [0, 0.1) is 0 Å². The van der Waals surface area contributed by atoms with Crippen molar-refractivity contribution in [2.24, 2.45) is 5.73 Å². The highest BCUT2D eigenvalue weighted by Crippen LogP contribution is 2.29. The van der Waals surface area contributed by atoms with E-state index in [1.165, 1.54) is 11.8 Å². The van der Waals surface area contributed by atoms with Crippen LogP contribution in [0.4, 0.5) is 5.69 Å². The van der Waals surface area contributed by atoms with Crippen LogP contribution in [0.1, 0.15) is 25.3 Å². The predicted octanol–water partition coefficient (Wildman–Crippen LogP) is 2.24. The minimum atomic E-state index is -0.288. The number of aromatic hydroxyl groups is 1. The number of rotatable bonds is 3. The Kier molecular flexibility index (Phi) is 4.39. The zero-order valence-electron chi connectivity index (χ0n) is 13.4. The fourth-order valence-electron chi connectivity index (χ4n) is 3.17. The first kappa shape index (κ1) is 15.6. The van der Waals surface area contributed by atoms with E-state index in [4.69, 9.17) is 5.73 Å². The number of H-pyrrole nitrogens is 1. The number of benzene rings is 1. The van der Waals surface area contributed by atoms with Crippen molar-refractivity contribution < 1.29 is 5.11 Å². The summed E-state index contributed by atoms with van der Waals surface area (Å²) in [7, 11) is 0. The van der Waals surface area contributed by atoms with Crippen LogP contribution in [0.5, 0.6) is 5.75 Å². The smallest absolute Gasteiger partial charge is 0.252 e. The van der Waals surface area contributed by atoms with E-state index in [1.807, 2.05) is 19.1 Å². The summed E-state index contributed by atoms with van der Waals surface area (Å²) in [6, 6.07) is 9.66. The molecule has 0 saturated carbocycles. The molecule has 0 bridgehead atoms. The maximum Gasteiger partial charge on any atom is 0.252 e. The van der Waals surface area contributed by atoms with Crippen molar-refractivity contribution in [3.05, 3.63) is 46.2 Å². The molecule has 5 heteroatoms. The molecular formula is C18H23N3O2. The second-order valence-electron chi connectivity index (χ2n) is 6.10. The largest absolute Gasteiger partial charge is 0.507 e. The average molecular weight is 313 g/mol. The van der Waals surface area contributed by atoms with Crippen LogP contribution < -0.4 is 16.2 Å². The van der Waals surface area contributed by atoms with E-state index >= 15 is 0 Å². The van der Waals surface area contributed by atoms with E-state index in [2.05, 4.69) is 22.0 Å². The molecule has 0 aliphatic carbocycles. The topological polar surface area (TPSA) is 82.3 Å². The lowest BCUT2D eigenvalue weighted by molar-refractivity contribution is 0.467. The number of nitrogens with two attached hydrogens (primary N) is 1. The normalized spacial score (nSPS) is 15.8. The lowest BCUT2D eigenvalue weighted by atomic mass is 10.0. The number of anilines is 1. The molecule has 5 nitrogen and oxygen atoms in total. The summed E-state index contributed by atoms with van der Waals surface area (Å²) in [5, 5.41) is 9.98. The number of aromatic amines is 1. The molecule has 2 aromatic rings. The maximum atomic E-state index is 11.7. The van der Waals surface area contributed by atoms with Gasteiger partial charge in [-0.15, -0.1) is 0 Å². The quantitative estimate of drug-likeness (QED) is 0.811. The zero-order chi connectivity index (χ0) is 16.4. The van der Waals surface area contributed by atoms with Crippen LogP contribution in [0.25, 0.3) is 11.3 Å². The van der Waals surface area contributed by atoms with Gasteiger partial charge in [-0.25, -0.2) is 0 Å². The van der Waals surface area contributed by atoms with Gasteiger partial charge < -0.3 is 20.7 Å². The second kappa shape index (κ2) is 6.46. The van der Waals surface area contributed by atoms with Crippen molar-refractivity contribution in [1.29, 1.82) is 0 Å². The molecule has 122 valence electrons. The van der Waals surface area contributed by atoms with Gasteiger partial charge in [0.15, 0.2) is 0 Å². The Morgan fingerprint density at radius 2 is 1.91 bits per heavy atom. The molecule has 1 fully saturated rings. The van der Waals surface area contributed by atoms with Crippen LogP contribution in [0.2, 0.25) is 0 Å². The summed E-state index contributed by atoms with van der Waals surface area (Å²) < 4.78 is 0. The molecule has 23 heavy (non-hydrogen) atoms. The van der Waals surface area contributed by atoms with E-state index in [1.54, 1.807) is 0 Å². The van der Waals surface area contributed by atoms with Gasteiger partial charge in [0.1, 0.15) is 5.75 Å². The number of pyridine rings is 1. The molecule has 0 atom stereocenters. The van der Waals surface area contributed by atoms with Gasteiger partial charge in [0.2, 0.25) is 0 Å². The zero-order valence-corrected chi connectivity index (χ0v) is 13.4. The molecule has 1 aromatic heterocycles. The molecule has 0 radical (unpaired) electrons. The lowest BCUT2D eigenvalue weighted by Gasteiger charge is -2.32. The summed E-state index contributed by atoms with van der Waals surface area (Å²) in [5.74, 6) is 0.0559. The first-order valence-corrected chi connectivity index (χ1v) is 8.14. The minimum Gasteiger partial charge on any atom is -0.507 e. The fourth-order valence-corrected chi connectivity index (χ4v) is 3.17. The average Bonchev–Trinajstić information content (AvgIpc) is 2.55. The Labute approximate surface area is 135 Å². The van der Waals surface area contributed by atoms with Crippen LogP contribution in [0.15, 0.2) is 35.1 Å². The van der Waals surface area contributed by atoms with E-state index in [0.29, 0.717) is 18.2 Å². The Hall–Kier alpha value is -2.27. The molecule has 4 N–H and O–H groups in total. The number of hydrogen-bond donors (Lipinski definition) is 3. The van der Waals surface area contributed by atoms with Crippen molar-refractivity contribution in [3.8, 4) is 17.0 Å². The molecule has 1 aromatic carbocycles. The molecule has 1 aliphatic rings. The van der Waals surface area contributed by atoms with Gasteiger partial charge in [0, 0.05) is 36.4 Å². The number of nitrogens with zero attached hydrogens (tertiary/aromatic N) is 1. The number of aromatic nitrogens is 1. The number of hydrogen-bond acceptors (Lipinski definition) is 4. The predicted molar refractivity (Wildman–Crippen MR) is 93.0 cm³/mol. The van der Waals surface area contributed by atoms with Gasteiger partial charge in [-0.2, -0.15) is 0 Å². The highest BCUT2D eigenvalue weighted by atomic mass is 16.3. The minimum absolute atomic E-state index is 0.0559. The lowest BCUT2D eigenvalue weighted by Crippen LogP contribution is -2.39. The Balaban J connectivity index is 1.90. The summed E-state index contributed by atoms with van der Waals surface area (Å²) in [6.07, 6.45) is 2.69. The van der Waals surface area contributed by atoms with Crippen LogP contribution in [0.3, 0.4) is 0 Å². The Morgan fingerprint density at radius 3 is 2.52 bits per heavy atom. The maximum absolute atomic E-state index is 11.7. The number of nitrogens with one attached hydrogen (secondary N) is 1. The van der Waals surface area contributed by atoms with Crippen molar-refractivity contribution in [1.82, 2.24) is 4.98 Å². The van der Waals surface area contributed by atoms with Gasteiger partial charge in [0.25, 0.3) is 5.56 Å². The van der Waals surface area contributed by atoms with Crippen molar-refractivity contribution >= 4 is 5.69 Å². The van der Waals surface area contributed by atoms with E-state index in [0.717, 1.165) is 37.1 Å². The molecule has 3 rings (SSSR count). The van der Waals surface area contributed by atoms with E-state index < -0.39 is 0 Å². The summed E-state index contributed by atoms with van der Waals surface area (Å²) in [6.45, 7) is 3.91. The van der Waals surface area contributed by atoms with Gasteiger partial charge in [-0.1, -0.05) is 19.1 Å². The van der Waals surface area contributed by atoms with Crippen LogP contribution >= 0.6 is 0 Å². The summed E-state index contributed by atoms with van der Waals surface area (Å²) in [5.41, 5.74) is 9.20. The summed E-state index contributed by atoms with van der Waals surface area (Å²) in [4.78, 5) is 16.8. The molecule has 1 saturated heterocycles. The van der Waals surface area contributed by atoms with E-state index in [9.17, 15) is 9.90 Å². The molecule has 0 spiro atoms. The molecule has 0 unspecified atom stereocenters. The first-order valence-electron chi connectivity index (χ1n) is 8.14. The second-order valence-corrected chi connectivity index (χ2v) is 6.10. The first-order chi connectivity index (χ1) is 11.1. The standard InChI is InChI=1S/C18H23N3O2/c1-2-15-16(22)11-17(23)20-18(15)12-3-5-14(6-4-12)21-9-7-13(19)8-10-21/h3-6,11,13H,2,7-10,19H2,1H3,(H2,20,22,23). The Bertz CT molecular complexity index is 729. The molecule has 0 amide bonds. The molecule has 2 heterocycles. The van der Waals surface area contributed by atoms with Crippen molar-refractivity contribution in [3.63, 3.8) is 0 Å². The molecule has 1 aliphatic heterocycles. The SMILES string of the molecule is CCc1c(O)cc(=O)[nH]c1-c1ccc(N2CCC(N)CC2)cc1. The van der Waals surface area contributed by atoms with Gasteiger partial charge in [0.05, 0.1) is 5.69 Å². The van der Waals surface area contributed by atoms with Crippen LogP contribution in [-0.2, 0) is 6.42 Å². The van der Waals surface area contributed by atoms with E-state index in [-0.39, 0.29) is 11.3 Å². The van der Waals surface area contributed by atoms with Gasteiger partial charge in [-0.3, -0.25) is 4.79 Å². The summed E-state index contributed by atoms with van der Waals surface area (Å²) >= 11 is 0. The highest BCUT2D eigenvalue weighted by molar-refractivity contribution is 5.68. The van der Waals surface area contributed by atoms with Crippen molar-refractivity contribution in [2.45, 2.75) is 32.2 Å². The van der Waals surface area contributed by atoms with Crippen molar-refractivity contribution in [2.75, 3.05) is 18.0 Å². The highest BCUT2D eigenvalue weighted by Gasteiger charge is 2.17. The molecular weight excluding hydrogens is 290 g/mol. The number of piperidine rings is 1. The van der Waals surface area contributed by atoms with Crippen LogP contribution in [-0.4, -0.2) is 29.2 Å². The van der Waals surface area contributed by atoms with Gasteiger partial charge >= 0.3 is 0 Å². The third-order valence-corrected chi connectivity index (χ3v) is 4.54. The third kappa shape index (κ3) is 3.24. The monoisotopic (exact) mass is 313 g/mol. The Morgan fingerprint density at radius 1 is 1.26 bits per heavy atom.